The number of esters is 2. The van der Waals surface area contributed by atoms with Gasteiger partial charge in [0, 0.05) is 19.8 Å². The van der Waals surface area contributed by atoms with Gasteiger partial charge < -0.3 is 13.9 Å². The lowest BCUT2D eigenvalue weighted by atomic mass is 9.89. The third kappa shape index (κ3) is 9.41. The molecule has 0 spiro atoms. The quantitative estimate of drug-likeness (QED) is 0.400. The smallest absolute Gasteiger partial charge is 0.306 e. The van der Waals surface area contributed by atoms with Crippen molar-refractivity contribution in [2.24, 2.45) is 5.92 Å². The summed E-state index contributed by atoms with van der Waals surface area (Å²) in [5.41, 5.74) is 4.46. The van der Waals surface area contributed by atoms with E-state index in [1.807, 2.05) is 13.2 Å². The minimum Gasteiger partial charge on any atom is -0.469 e. The number of rotatable bonds is 7. The highest BCUT2D eigenvalue weighted by Crippen LogP contribution is 2.26. The van der Waals surface area contributed by atoms with Gasteiger partial charge in [0.05, 0.1) is 6.26 Å². The minimum absolute atomic E-state index is 0.180. The summed E-state index contributed by atoms with van der Waals surface area (Å²) in [5.74, 6) is 0.691. The monoisotopic (exact) mass is 428 g/mol. The van der Waals surface area contributed by atoms with E-state index in [0.717, 1.165) is 61.9 Å². The highest BCUT2D eigenvalue weighted by atomic mass is 16.5. The van der Waals surface area contributed by atoms with Crippen molar-refractivity contribution in [3.63, 3.8) is 0 Å². The molecule has 2 bridgehead atoms. The molecule has 1 aliphatic rings. The molecular weight excluding hydrogens is 392 g/mol. The number of allylic oxidation sites excluding steroid dienone is 3. The van der Waals surface area contributed by atoms with E-state index in [1.54, 1.807) is 0 Å². The molecule has 0 unspecified atom stereocenters. The molecule has 31 heavy (non-hydrogen) atoms. The van der Waals surface area contributed by atoms with E-state index in [0.29, 0.717) is 13.0 Å². The van der Waals surface area contributed by atoms with Gasteiger partial charge in [0.2, 0.25) is 0 Å². The SMILES string of the molecule is C=C(COC(=O)CCC)[C@H]1CC=C(C)Cc2cc(co2)CCC=C(COC(C)=O)CC1. The molecule has 5 heteroatoms. The zero-order valence-corrected chi connectivity index (χ0v) is 19.2. The van der Waals surface area contributed by atoms with E-state index in [1.165, 1.54) is 18.1 Å². The zero-order valence-electron chi connectivity index (χ0n) is 19.2. The van der Waals surface area contributed by atoms with E-state index in [4.69, 9.17) is 13.9 Å². The Kier molecular flexibility index (Phi) is 10.3. The molecule has 5 nitrogen and oxygen atoms in total. The van der Waals surface area contributed by atoms with Crippen molar-refractivity contribution < 1.29 is 23.5 Å². The Hall–Kier alpha value is -2.56. The van der Waals surface area contributed by atoms with Crippen LogP contribution in [-0.4, -0.2) is 25.2 Å². The number of carbonyl (C=O) groups is 2. The Morgan fingerprint density at radius 3 is 2.77 bits per heavy atom. The highest BCUT2D eigenvalue weighted by Gasteiger charge is 2.16. The van der Waals surface area contributed by atoms with Crippen molar-refractivity contribution >= 4 is 11.9 Å². The van der Waals surface area contributed by atoms with Crippen LogP contribution in [-0.2, 0) is 31.9 Å². The van der Waals surface area contributed by atoms with Crippen molar-refractivity contribution in [3.8, 4) is 0 Å². The van der Waals surface area contributed by atoms with Gasteiger partial charge in [-0.05, 0) is 74.1 Å². The van der Waals surface area contributed by atoms with Gasteiger partial charge in [-0.25, -0.2) is 0 Å². The van der Waals surface area contributed by atoms with Crippen LogP contribution in [0.2, 0.25) is 0 Å². The largest absolute Gasteiger partial charge is 0.469 e. The summed E-state index contributed by atoms with van der Waals surface area (Å²) in [5, 5.41) is 0. The molecule has 0 amide bonds. The molecule has 0 aromatic carbocycles. The summed E-state index contributed by atoms with van der Waals surface area (Å²) in [6.45, 7) is 10.3. The predicted molar refractivity (Wildman–Crippen MR) is 122 cm³/mol. The molecule has 0 saturated heterocycles. The predicted octanol–water partition coefficient (Wildman–Crippen LogP) is 5.89. The molecule has 170 valence electrons. The molecule has 1 heterocycles. The Morgan fingerprint density at radius 1 is 1.23 bits per heavy atom. The lowest BCUT2D eigenvalue weighted by Crippen LogP contribution is -2.13. The second-order valence-electron chi connectivity index (χ2n) is 8.37. The topological polar surface area (TPSA) is 65.7 Å². The lowest BCUT2D eigenvalue weighted by molar-refractivity contribution is -0.143. The summed E-state index contributed by atoms with van der Waals surface area (Å²) in [6, 6.07) is 2.12. The number of furan rings is 1. The Morgan fingerprint density at radius 2 is 2.03 bits per heavy atom. The van der Waals surface area contributed by atoms with Crippen LogP contribution in [0.25, 0.3) is 0 Å². The van der Waals surface area contributed by atoms with Crippen LogP contribution < -0.4 is 0 Å². The molecule has 1 aromatic heterocycles. The van der Waals surface area contributed by atoms with Crippen molar-refractivity contribution in [2.75, 3.05) is 13.2 Å². The van der Waals surface area contributed by atoms with E-state index in [2.05, 4.69) is 31.7 Å². The zero-order chi connectivity index (χ0) is 22.6. The maximum Gasteiger partial charge on any atom is 0.306 e. The van der Waals surface area contributed by atoms with Gasteiger partial charge in [-0.3, -0.25) is 9.59 Å². The van der Waals surface area contributed by atoms with Gasteiger partial charge in [0.1, 0.15) is 19.0 Å². The summed E-state index contributed by atoms with van der Waals surface area (Å²) in [6.07, 6.45) is 12.5. The molecule has 0 fully saturated rings. The van der Waals surface area contributed by atoms with E-state index in [-0.39, 0.29) is 24.5 Å². The van der Waals surface area contributed by atoms with E-state index < -0.39 is 0 Å². The summed E-state index contributed by atoms with van der Waals surface area (Å²) in [4.78, 5) is 23.1. The molecule has 1 aromatic rings. The summed E-state index contributed by atoms with van der Waals surface area (Å²) in [7, 11) is 0. The standard InChI is InChI=1S/C26H36O5/c1-5-7-26(28)31-16-20(3)24-12-10-19(2)14-25-15-23(18-30-25)9-6-8-22(11-13-24)17-29-21(4)27/h8,10,15,18,24H,3,5-7,9,11-14,16-17H2,1-2,4H3/t24-/m0/s1. The van der Waals surface area contributed by atoms with Crippen LogP contribution in [0.1, 0.15) is 70.6 Å². The maximum absolute atomic E-state index is 11.8. The summed E-state index contributed by atoms with van der Waals surface area (Å²) < 4.78 is 16.4. The third-order valence-electron chi connectivity index (χ3n) is 5.50. The van der Waals surface area contributed by atoms with Crippen molar-refractivity contribution in [2.45, 2.75) is 72.1 Å². The van der Waals surface area contributed by atoms with Gasteiger partial charge >= 0.3 is 11.9 Å². The number of hydrogen-bond donors (Lipinski definition) is 0. The number of carbonyl (C=O) groups excluding carboxylic acids is 2. The van der Waals surface area contributed by atoms with Crippen molar-refractivity contribution in [3.05, 3.63) is 59.1 Å². The fourth-order valence-electron chi connectivity index (χ4n) is 3.63. The average molecular weight is 429 g/mol. The third-order valence-corrected chi connectivity index (χ3v) is 5.50. The molecule has 0 radical (unpaired) electrons. The maximum atomic E-state index is 11.8. The molecule has 2 rings (SSSR count). The average Bonchev–Trinajstić information content (AvgIpc) is 3.16. The Labute approximate surface area is 186 Å². The first kappa shape index (κ1) is 24.7. The number of hydrogen-bond acceptors (Lipinski definition) is 5. The molecule has 0 saturated carbocycles. The minimum atomic E-state index is -0.276. The second-order valence-corrected chi connectivity index (χ2v) is 8.37. The number of fused-ring (bicyclic) bond motifs is 2. The first-order chi connectivity index (χ1) is 14.9. The first-order valence-corrected chi connectivity index (χ1v) is 11.2. The highest BCUT2D eigenvalue weighted by molar-refractivity contribution is 5.69. The normalized spacial score (nSPS) is 17.7. The van der Waals surface area contributed by atoms with Gasteiger partial charge in [-0.15, -0.1) is 0 Å². The van der Waals surface area contributed by atoms with Gasteiger partial charge in [0.15, 0.2) is 0 Å². The van der Waals surface area contributed by atoms with Crippen LogP contribution >= 0.6 is 0 Å². The molecule has 0 aliphatic heterocycles. The number of ether oxygens (including phenoxy) is 2. The van der Waals surface area contributed by atoms with Crippen LogP contribution in [0, 0.1) is 5.92 Å². The molecular formula is C26H36O5. The fourth-order valence-corrected chi connectivity index (χ4v) is 3.63. The van der Waals surface area contributed by atoms with Crippen molar-refractivity contribution in [1.29, 1.82) is 0 Å². The number of aryl methyl sites for hydroxylation is 1. The molecule has 1 aliphatic carbocycles. The van der Waals surface area contributed by atoms with Gasteiger partial charge in [-0.2, -0.15) is 0 Å². The van der Waals surface area contributed by atoms with E-state index >= 15 is 0 Å². The molecule has 1 atom stereocenters. The van der Waals surface area contributed by atoms with Crippen LogP contribution in [0.3, 0.4) is 0 Å². The second kappa shape index (κ2) is 13.0. The molecule has 0 N–H and O–H groups in total. The van der Waals surface area contributed by atoms with E-state index in [9.17, 15) is 9.59 Å². The van der Waals surface area contributed by atoms with Gasteiger partial charge in [0.25, 0.3) is 0 Å². The van der Waals surface area contributed by atoms with Crippen LogP contribution in [0.15, 0.2) is 52.2 Å². The fraction of sp³-hybridized carbons (Fsp3) is 0.538. The summed E-state index contributed by atoms with van der Waals surface area (Å²) >= 11 is 0. The Bertz CT molecular complexity index is 812. The first-order valence-electron chi connectivity index (χ1n) is 11.2. The van der Waals surface area contributed by atoms with Crippen LogP contribution in [0.4, 0.5) is 0 Å². The Balaban J connectivity index is 2.15. The van der Waals surface area contributed by atoms with Crippen molar-refractivity contribution in [1.82, 2.24) is 0 Å². The lowest BCUT2D eigenvalue weighted by Gasteiger charge is -2.20. The van der Waals surface area contributed by atoms with Crippen LogP contribution in [0.5, 0.6) is 0 Å². The van der Waals surface area contributed by atoms with Gasteiger partial charge in [-0.1, -0.05) is 31.2 Å².